The van der Waals surface area contributed by atoms with E-state index in [9.17, 15) is 4.79 Å². The zero-order valence-corrected chi connectivity index (χ0v) is 11.8. The van der Waals surface area contributed by atoms with E-state index in [0.717, 1.165) is 18.5 Å². The number of aryl methyl sites for hydroxylation is 2. The Balaban J connectivity index is 1.86. The minimum absolute atomic E-state index is 0.237. The van der Waals surface area contributed by atoms with Crippen LogP contribution in [-0.4, -0.2) is 22.3 Å². The third-order valence-corrected chi connectivity index (χ3v) is 3.47. The van der Waals surface area contributed by atoms with Crippen LogP contribution in [0, 0.1) is 6.92 Å². The zero-order valence-electron chi connectivity index (χ0n) is 11.0. The molecule has 0 bridgehead atoms. The number of nitrogens with one attached hydrogen (secondary N) is 1. The SMILES string of the molecule is Cc1ccc(Cl)cc1NC(=O)c1cnn2c1OCCC2. The van der Waals surface area contributed by atoms with Gasteiger partial charge in [-0.2, -0.15) is 5.10 Å². The second-order valence-electron chi connectivity index (χ2n) is 4.70. The highest BCUT2D eigenvalue weighted by atomic mass is 35.5. The predicted molar refractivity (Wildman–Crippen MR) is 76.5 cm³/mol. The van der Waals surface area contributed by atoms with Crippen molar-refractivity contribution in [2.45, 2.75) is 19.9 Å². The second-order valence-corrected chi connectivity index (χ2v) is 5.14. The molecular formula is C14H14ClN3O2. The Labute approximate surface area is 121 Å². The highest BCUT2D eigenvalue weighted by Gasteiger charge is 2.21. The molecule has 1 aliphatic rings. The summed E-state index contributed by atoms with van der Waals surface area (Å²) in [5.41, 5.74) is 2.09. The Morgan fingerprint density at radius 2 is 2.35 bits per heavy atom. The summed E-state index contributed by atoms with van der Waals surface area (Å²) >= 11 is 5.95. The molecule has 0 aliphatic carbocycles. The maximum absolute atomic E-state index is 12.3. The van der Waals surface area contributed by atoms with Crippen LogP contribution in [0.3, 0.4) is 0 Å². The summed E-state index contributed by atoms with van der Waals surface area (Å²) in [4.78, 5) is 12.3. The molecule has 104 valence electrons. The molecule has 6 heteroatoms. The highest BCUT2D eigenvalue weighted by Crippen LogP contribution is 2.25. The van der Waals surface area contributed by atoms with Gasteiger partial charge < -0.3 is 10.1 Å². The van der Waals surface area contributed by atoms with Gasteiger partial charge in [-0.25, -0.2) is 4.68 Å². The largest absolute Gasteiger partial charge is 0.477 e. The fraction of sp³-hybridized carbons (Fsp3) is 0.286. The van der Waals surface area contributed by atoms with E-state index >= 15 is 0 Å². The Morgan fingerprint density at radius 1 is 1.50 bits per heavy atom. The van der Waals surface area contributed by atoms with Gasteiger partial charge in [0.25, 0.3) is 5.91 Å². The molecule has 1 aliphatic heterocycles. The van der Waals surface area contributed by atoms with Gasteiger partial charge in [0.15, 0.2) is 0 Å². The molecule has 0 unspecified atom stereocenters. The van der Waals surface area contributed by atoms with Gasteiger partial charge in [-0.05, 0) is 24.6 Å². The number of amides is 1. The molecule has 0 fully saturated rings. The molecular weight excluding hydrogens is 278 g/mol. The Bertz CT molecular complexity index is 666. The summed E-state index contributed by atoms with van der Waals surface area (Å²) in [7, 11) is 0. The molecule has 3 rings (SSSR count). The minimum atomic E-state index is -0.237. The molecule has 1 amide bonds. The van der Waals surface area contributed by atoms with Crippen LogP contribution in [0.1, 0.15) is 22.3 Å². The number of hydrogen-bond donors (Lipinski definition) is 1. The van der Waals surface area contributed by atoms with Crippen LogP contribution in [0.25, 0.3) is 0 Å². The van der Waals surface area contributed by atoms with Gasteiger partial charge in [0.2, 0.25) is 5.88 Å². The van der Waals surface area contributed by atoms with Crippen molar-refractivity contribution in [3.63, 3.8) is 0 Å². The van der Waals surface area contributed by atoms with Crippen molar-refractivity contribution < 1.29 is 9.53 Å². The molecule has 0 atom stereocenters. The van der Waals surface area contributed by atoms with Gasteiger partial charge in [0.1, 0.15) is 5.56 Å². The standard InChI is InChI=1S/C14H14ClN3O2/c1-9-3-4-10(15)7-12(9)17-13(19)11-8-16-18-5-2-6-20-14(11)18/h3-4,7-8H,2,5-6H2,1H3,(H,17,19). The summed E-state index contributed by atoms with van der Waals surface area (Å²) in [6.07, 6.45) is 2.44. The number of anilines is 1. The molecule has 1 N–H and O–H groups in total. The normalized spacial score (nSPS) is 13.5. The second kappa shape index (κ2) is 5.17. The number of ether oxygens (including phenoxy) is 1. The van der Waals surface area contributed by atoms with Crippen molar-refractivity contribution in [3.05, 3.63) is 40.5 Å². The van der Waals surface area contributed by atoms with Crippen LogP contribution in [0.5, 0.6) is 5.88 Å². The number of fused-ring (bicyclic) bond motifs is 1. The van der Waals surface area contributed by atoms with E-state index < -0.39 is 0 Å². The van der Waals surface area contributed by atoms with E-state index in [2.05, 4.69) is 10.4 Å². The molecule has 2 aromatic rings. The van der Waals surface area contributed by atoms with E-state index in [1.165, 1.54) is 6.20 Å². The van der Waals surface area contributed by atoms with Crippen LogP contribution in [0.15, 0.2) is 24.4 Å². The molecule has 0 saturated heterocycles. The first-order valence-electron chi connectivity index (χ1n) is 6.41. The van der Waals surface area contributed by atoms with Gasteiger partial charge in [-0.15, -0.1) is 0 Å². The summed E-state index contributed by atoms with van der Waals surface area (Å²) in [6.45, 7) is 3.30. The lowest BCUT2D eigenvalue weighted by Gasteiger charge is -2.16. The van der Waals surface area contributed by atoms with Crippen molar-refractivity contribution in [3.8, 4) is 5.88 Å². The number of carbonyl (C=O) groups is 1. The molecule has 0 radical (unpaired) electrons. The van der Waals surface area contributed by atoms with E-state index in [0.29, 0.717) is 28.8 Å². The smallest absolute Gasteiger partial charge is 0.262 e. The van der Waals surface area contributed by atoms with Crippen LogP contribution in [0.2, 0.25) is 5.02 Å². The molecule has 0 spiro atoms. The topological polar surface area (TPSA) is 56.2 Å². The van der Waals surface area contributed by atoms with E-state index in [1.54, 1.807) is 16.8 Å². The maximum atomic E-state index is 12.3. The van der Waals surface area contributed by atoms with Gasteiger partial charge >= 0.3 is 0 Å². The number of halogens is 1. The molecule has 1 aromatic carbocycles. The lowest BCUT2D eigenvalue weighted by atomic mass is 10.2. The summed E-state index contributed by atoms with van der Waals surface area (Å²) < 4.78 is 7.23. The Kier molecular flexibility index (Phi) is 3.36. The van der Waals surface area contributed by atoms with Crippen molar-refractivity contribution in [2.75, 3.05) is 11.9 Å². The lowest BCUT2D eigenvalue weighted by Crippen LogP contribution is -2.18. The van der Waals surface area contributed by atoms with Gasteiger partial charge in [0, 0.05) is 23.7 Å². The molecule has 2 heterocycles. The maximum Gasteiger partial charge on any atom is 0.262 e. The average Bonchev–Trinajstić information content (AvgIpc) is 2.87. The number of carbonyl (C=O) groups excluding carboxylic acids is 1. The number of nitrogens with zero attached hydrogens (tertiary/aromatic N) is 2. The summed E-state index contributed by atoms with van der Waals surface area (Å²) in [5, 5.41) is 7.59. The lowest BCUT2D eigenvalue weighted by molar-refractivity contribution is 0.102. The van der Waals surface area contributed by atoms with Crippen LogP contribution in [-0.2, 0) is 6.54 Å². The van der Waals surface area contributed by atoms with E-state index in [4.69, 9.17) is 16.3 Å². The summed E-state index contributed by atoms with van der Waals surface area (Å²) in [6, 6.07) is 5.38. The van der Waals surface area contributed by atoms with Crippen molar-refractivity contribution >= 4 is 23.2 Å². The predicted octanol–water partition coefficient (Wildman–Crippen LogP) is 2.88. The molecule has 1 aromatic heterocycles. The third kappa shape index (κ3) is 2.36. The highest BCUT2D eigenvalue weighted by molar-refractivity contribution is 6.31. The number of aromatic nitrogens is 2. The van der Waals surface area contributed by atoms with E-state index in [1.807, 2.05) is 13.0 Å². The first-order chi connectivity index (χ1) is 9.65. The third-order valence-electron chi connectivity index (χ3n) is 3.24. The van der Waals surface area contributed by atoms with Gasteiger partial charge in [-0.3, -0.25) is 4.79 Å². The monoisotopic (exact) mass is 291 g/mol. The Morgan fingerprint density at radius 3 is 3.20 bits per heavy atom. The summed E-state index contributed by atoms with van der Waals surface area (Å²) in [5.74, 6) is 0.298. The van der Waals surface area contributed by atoms with Crippen LogP contribution >= 0.6 is 11.6 Å². The first kappa shape index (κ1) is 13.0. The minimum Gasteiger partial charge on any atom is -0.477 e. The average molecular weight is 292 g/mol. The van der Waals surface area contributed by atoms with Gasteiger partial charge in [0.05, 0.1) is 12.8 Å². The molecule has 5 nitrogen and oxygen atoms in total. The first-order valence-corrected chi connectivity index (χ1v) is 6.79. The number of rotatable bonds is 2. The number of benzene rings is 1. The van der Waals surface area contributed by atoms with E-state index in [-0.39, 0.29) is 5.91 Å². The van der Waals surface area contributed by atoms with Gasteiger partial charge in [-0.1, -0.05) is 17.7 Å². The quantitative estimate of drug-likeness (QED) is 0.925. The van der Waals surface area contributed by atoms with Crippen molar-refractivity contribution in [2.24, 2.45) is 0 Å². The molecule has 0 saturated carbocycles. The van der Waals surface area contributed by atoms with Crippen LogP contribution in [0.4, 0.5) is 5.69 Å². The van der Waals surface area contributed by atoms with Crippen molar-refractivity contribution in [1.82, 2.24) is 9.78 Å². The molecule has 20 heavy (non-hydrogen) atoms. The zero-order chi connectivity index (χ0) is 14.1. The van der Waals surface area contributed by atoms with Crippen LogP contribution < -0.4 is 10.1 Å². The fourth-order valence-corrected chi connectivity index (χ4v) is 2.32. The number of hydrogen-bond acceptors (Lipinski definition) is 3. The van der Waals surface area contributed by atoms with Crippen molar-refractivity contribution in [1.29, 1.82) is 0 Å². The fourth-order valence-electron chi connectivity index (χ4n) is 2.14. The Hall–Kier alpha value is -2.01.